The molecule has 1 fully saturated rings. The zero-order valence-corrected chi connectivity index (χ0v) is 12.6. The lowest BCUT2D eigenvalue weighted by Crippen LogP contribution is -2.39. The lowest BCUT2D eigenvalue weighted by molar-refractivity contribution is 0.120. The molecule has 3 atom stereocenters. The Labute approximate surface area is 109 Å². The Balaban J connectivity index is 2.41. The molecule has 1 saturated carbocycles. The third-order valence-corrected chi connectivity index (χ3v) is 4.62. The van der Waals surface area contributed by atoms with Gasteiger partial charge in [-0.05, 0) is 48.9 Å². The smallest absolute Gasteiger partial charge is 0.00673 e. The molecule has 0 bridgehead atoms. The average molecular weight is 239 g/mol. The fourth-order valence-corrected chi connectivity index (χ4v) is 3.19. The minimum atomic E-state index is 0.469. The van der Waals surface area contributed by atoms with Crippen molar-refractivity contribution in [2.45, 2.75) is 79.2 Å². The van der Waals surface area contributed by atoms with Crippen LogP contribution in [0.1, 0.15) is 73.1 Å². The largest absolute Gasteiger partial charge is 0.327 e. The van der Waals surface area contributed by atoms with Gasteiger partial charge in [0, 0.05) is 6.04 Å². The van der Waals surface area contributed by atoms with Crippen molar-refractivity contribution in [1.82, 2.24) is 0 Å². The third kappa shape index (κ3) is 4.99. The molecule has 3 unspecified atom stereocenters. The van der Waals surface area contributed by atoms with Crippen LogP contribution in [0, 0.1) is 23.2 Å². The second-order valence-electron chi connectivity index (χ2n) is 7.62. The highest BCUT2D eigenvalue weighted by atomic mass is 14.7. The summed E-state index contributed by atoms with van der Waals surface area (Å²) in [5.41, 5.74) is 6.77. The maximum atomic E-state index is 6.30. The van der Waals surface area contributed by atoms with E-state index in [4.69, 9.17) is 5.73 Å². The molecule has 0 heterocycles. The van der Waals surface area contributed by atoms with E-state index in [1.165, 1.54) is 38.5 Å². The van der Waals surface area contributed by atoms with Crippen LogP contribution in [0.25, 0.3) is 0 Å². The summed E-state index contributed by atoms with van der Waals surface area (Å²) in [6.45, 7) is 11.8. The lowest BCUT2D eigenvalue weighted by atomic mass is 9.66. The Kier molecular flexibility index (Phi) is 5.50. The topological polar surface area (TPSA) is 26.0 Å². The predicted octanol–water partition coefficient (Wildman–Crippen LogP) is 4.60. The van der Waals surface area contributed by atoms with Crippen molar-refractivity contribution in [3.8, 4) is 0 Å². The fourth-order valence-electron chi connectivity index (χ4n) is 3.19. The van der Waals surface area contributed by atoms with E-state index in [-0.39, 0.29) is 0 Å². The number of nitrogens with two attached hydrogens (primary N) is 1. The third-order valence-electron chi connectivity index (χ3n) is 4.62. The van der Waals surface area contributed by atoms with E-state index >= 15 is 0 Å². The Morgan fingerprint density at radius 1 is 1.18 bits per heavy atom. The summed E-state index contributed by atoms with van der Waals surface area (Å²) in [5.74, 6) is 2.51. The van der Waals surface area contributed by atoms with Gasteiger partial charge in [-0.1, -0.05) is 47.5 Å². The van der Waals surface area contributed by atoms with Crippen molar-refractivity contribution in [3.63, 3.8) is 0 Å². The number of hydrogen-bond donors (Lipinski definition) is 1. The van der Waals surface area contributed by atoms with Crippen LogP contribution in [-0.4, -0.2) is 6.04 Å². The maximum Gasteiger partial charge on any atom is 0.00673 e. The van der Waals surface area contributed by atoms with Crippen molar-refractivity contribution in [2.75, 3.05) is 0 Å². The Bertz CT molecular complexity index is 214. The van der Waals surface area contributed by atoms with Crippen molar-refractivity contribution in [3.05, 3.63) is 0 Å². The van der Waals surface area contributed by atoms with Crippen LogP contribution < -0.4 is 5.73 Å². The normalized spacial score (nSPS) is 30.9. The monoisotopic (exact) mass is 239 g/mol. The fraction of sp³-hybridized carbons (Fsp3) is 1.00. The molecule has 1 rings (SSSR count). The summed E-state index contributed by atoms with van der Waals surface area (Å²) in [6, 6.07) is 0.473. The van der Waals surface area contributed by atoms with E-state index in [2.05, 4.69) is 34.6 Å². The van der Waals surface area contributed by atoms with E-state index < -0.39 is 0 Å². The second-order valence-corrected chi connectivity index (χ2v) is 7.62. The van der Waals surface area contributed by atoms with Gasteiger partial charge in [-0.25, -0.2) is 0 Å². The summed E-state index contributed by atoms with van der Waals surface area (Å²) in [5, 5.41) is 0. The molecule has 0 amide bonds. The molecule has 0 spiro atoms. The Hall–Kier alpha value is -0.0400. The molecule has 1 aliphatic rings. The highest BCUT2D eigenvalue weighted by Crippen LogP contribution is 2.41. The first-order valence-electron chi connectivity index (χ1n) is 7.56. The summed E-state index contributed by atoms with van der Waals surface area (Å²) in [7, 11) is 0. The van der Waals surface area contributed by atoms with E-state index in [9.17, 15) is 0 Å². The molecule has 0 radical (unpaired) electrons. The second kappa shape index (κ2) is 6.22. The SMILES string of the molecule is CC(C)CCCC1CC(C(C)(C)C)CCC1N. The molecule has 17 heavy (non-hydrogen) atoms. The highest BCUT2D eigenvalue weighted by molar-refractivity contribution is 4.87. The molecule has 0 aromatic heterocycles. The van der Waals surface area contributed by atoms with Crippen LogP contribution in [0.5, 0.6) is 0 Å². The first-order valence-corrected chi connectivity index (χ1v) is 7.56. The van der Waals surface area contributed by atoms with E-state index in [1.54, 1.807) is 0 Å². The molecule has 0 aromatic carbocycles. The first-order chi connectivity index (χ1) is 7.80. The van der Waals surface area contributed by atoms with Gasteiger partial charge in [0.2, 0.25) is 0 Å². The van der Waals surface area contributed by atoms with Crippen LogP contribution in [-0.2, 0) is 0 Å². The molecule has 0 saturated heterocycles. The van der Waals surface area contributed by atoms with Crippen molar-refractivity contribution < 1.29 is 0 Å². The van der Waals surface area contributed by atoms with Crippen LogP contribution in [0.3, 0.4) is 0 Å². The number of hydrogen-bond acceptors (Lipinski definition) is 1. The highest BCUT2D eigenvalue weighted by Gasteiger charge is 2.33. The summed E-state index contributed by atoms with van der Waals surface area (Å²) >= 11 is 0. The quantitative estimate of drug-likeness (QED) is 0.762. The lowest BCUT2D eigenvalue weighted by Gasteiger charge is -2.40. The molecule has 1 aliphatic carbocycles. The van der Waals surface area contributed by atoms with E-state index in [0.717, 1.165) is 17.8 Å². The van der Waals surface area contributed by atoms with E-state index in [0.29, 0.717) is 11.5 Å². The molecule has 102 valence electrons. The molecule has 1 heteroatoms. The maximum absolute atomic E-state index is 6.30. The van der Waals surface area contributed by atoms with Crippen molar-refractivity contribution in [2.24, 2.45) is 28.9 Å². The average Bonchev–Trinajstić information content (AvgIpc) is 2.18. The van der Waals surface area contributed by atoms with Crippen molar-refractivity contribution >= 4 is 0 Å². The van der Waals surface area contributed by atoms with Crippen LogP contribution >= 0.6 is 0 Å². The first kappa shape index (κ1) is 15.0. The van der Waals surface area contributed by atoms with E-state index in [1.807, 2.05) is 0 Å². The van der Waals surface area contributed by atoms with Crippen LogP contribution in [0.2, 0.25) is 0 Å². The van der Waals surface area contributed by atoms with Gasteiger partial charge in [0.1, 0.15) is 0 Å². The molecule has 1 nitrogen and oxygen atoms in total. The molecular weight excluding hydrogens is 206 g/mol. The molecular formula is C16H33N. The van der Waals surface area contributed by atoms with Gasteiger partial charge in [0.05, 0.1) is 0 Å². The zero-order chi connectivity index (χ0) is 13.1. The van der Waals surface area contributed by atoms with Gasteiger partial charge in [0.15, 0.2) is 0 Å². The van der Waals surface area contributed by atoms with Gasteiger partial charge >= 0.3 is 0 Å². The minimum absolute atomic E-state index is 0.469. The van der Waals surface area contributed by atoms with Gasteiger partial charge < -0.3 is 5.73 Å². The summed E-state index contributed by atoms with van der Waals surface area (Å²) in [6.07, 6.45) is 8.03. The van der Waals surface area contributed by atoms with Gasteiger partial charge in [0.25, 0.3) is 0 Å². The Morgan fingerprint density at radius 3 is 2.35 bits per heavy atom. The number of rotatable bonds is 4. The zero-order valence-electron chi connectivity index (χ0n) is 12.6. The summed E-state index contributed by atoms with van der Waals surface area (Å²) < 4.78 is 0. The molecule has 2 N–H and O–H groups in total. The van der Waals surface area contributed by atoms with Crippen LogP contribution in [0.15, 0.2) is 0 Å². The molecule has 0 aliphatic heterocycles. The predicted molar refractivity (Wildman–Crippen MR) is 77.0 cm³/mol. The van der Waals surface area contributed by atoms with Gasteiger partial charge in [-0.3, -0.25) is 0 Å². The summed E-state index contributed by atoms with van der Waals surface area (Å²) in [4.78, 5) is 0. The van der Waals surface area contributed by atoms with Crippen molar-refractivity contribution in [1.29, 1.82) is 0 Å². The van der Waals surface area contributed by atoms with Crippen LogP contribution in [0.4, 0.5) is 0 Å². The van der Waals surface area contributed by atoms with Gasteiger partial charge in [-0.2, -0.15) is 0 Å². The molecule has 0 aromatic rings. The van der Waals surface area contributed by atoms with Gasteiger partial charge in [-0.15, -0.1) is 0 Å². The minimum Gasteiger partial charge on any atom is -0.327 e. The standard InChI is InChI=1S/C16H33N/c1-12(2)7-6-8-13-11-14(16(3,4)5)9-10-15(13)17/h12-15H,6-11,17H2,1-5H3. The Morgan fingerprint density at radius 2 is 1.82 bits per heavy atom.